The number of nitrogens with zero attached hydrogens (tertiary/aromatic N) is 1. The van der Waals surface area contributed by atoms with Gasteiger partial charge in [-0.1, -0.05) is 24.6 Å². The van der Waals surface area contributed by atoms with Gasteiger partial charge in [-0.25, -0.2) is 0 Å². The van der Waals surface area contributed by atoms with E-state index in [4.69, 9.17) is 0 Å². The van der Waals surface area contributed by atoms with Crippen LogP contribution in [0.5, 0.6) is 0 Å². The molecule has 4 heteroatoms. The topological polar surface area (TPSA) is 60.8 Å². The van der Waals surface area contributed by atoms with Crippen molar-refractivity contribution in [2.45, 2.75) is 89.6 Å². The highest BCUT2D eigenvalue weighted by Gasteiger charge is 2.56. The molecular weight excluding hydrogens is 446 g/mol. The van der Waals surface area contributed by atoms with Crippen molar-refractivity contribution in [2.24, 2.45) is 23.2 Å². The normalized spacial score (nSPS) is 36.3. The lowest BCUT2D eigenvalue weighted by Crippen LogP contribution is -2.44. The first-order valence-electron chi connectivity index (χ1n) is 14.6. The second-order valence-corrected chi connectivity index (χ2v) is 12.5. The van der Waals surface area contributed by atoms with Crippen LogP contribution in [0.1, 0.15) is 89.0 Å². The molecule has 2 N–H and O–H groups in total. The number of hydrogen-bond acceptors (Lipinski definition) is 4. The fourth-order valence-corrected chi connectivity index (χ4v) is 8.93. The average Bonchev–Trinajstić information content (AvgIpc) is 3.24. The van der Waals surface area contributed by atoms with Crippen molar-refractivity contribution in [1.82, 2.24) is 0 Å². The maximum absolute atomic E-state index is 12.4. The Morgan fingerprint density at radius 1 is 1.06 bits per heavy atom. The summed E-state index contributed by atoms with van der Waals surface area (Å²) in [6, 6.07) is 9.43. The van der Waals surface area contributed by atoms with Gasteiger partial charge in [0.15, 0.2) is 5.78 Å². The first-order valence-corrected chi connectivity index (χ1v) is 14.6. The molecule has 6 rings (SSSR count). The number of carbonyl (C=O) groups excluding carboxylic acids is 1. The molecule has 1 saturated heterocycles. The van der Waals surface area contributed by atoms with Crippen molar-refractivity contribution in [1.29, 1.82) is 0 Å². The zero-order chi connectivity index (χ0) is 24.9. The van der Waals surface area contributed by atoms with Crippen LogP contribution in [0.25, 0.3) is 0 Å². The fraction of sp³-hybridized carbons (Fsp3) is 0.656. The van der Waals surface area contributed by atoms with E-state index in [1.165, 1.54) is 54.5 Å². The van der Waals surface area contributed by atoms with Gasteiger partial charge in [-0.15, -0.1) is 0 Å². The summed E-state index contributed by atoms with van der Waals surface area (Å²) < 4.78 is 0. The van der Waals surface area contributed by atoms with Crippen molar-refractivity contribution in [2.75, 3.05) is 24.6 Å². The van der Waals surface area contributed by atoms with E-state index in [-0.39, 0.29) is 17.8 Å². The predicted molar refractivity (Wildman–Crippen MR) is 144 cm³/mol. The van der Waals surface area contributed by atoms with Crippen LogP contribution in [0.15, 0.2) is 47.1 Å². The largest absolute Gasteiger partial charge is 0.396 e. The minimum atomic E-state index is -0.883. The fourth-order valence-electron chi connectivity index (χ4n) is 8.93. The lowest BCUT2D eigenvalue weighted by molar-refractivity contribution is -0.122. The number of benzene rings is 1. The maximum Gasteiger partial charge on any atom is 0.184 e. The van der Waals surface area contributed by atoms with Crippen molar-refractivity contribution >= 4 is 11.5 Å². The third kappa shape index (κ3) is 4.09. The number of allylic oxidation sites excluding steroid dienone is 2. The molecule has 6 atom stereocenters. The molecule has 4 nitrogen and oxygen atoms in total. The summed E-state index contributed by atoms with van der Waals surface area (Å²) in [7, 11) is 0. The molecule has 0 aromatic heterocycles. The van der Waals surface area contributed by atoms with Crippen LogP contribution in [-0.4, -0.2) is 41.8 Å². The Hall–Kier alpha value is -1.91. The molecule has 1 unspecified atom stereocenters. The molecule has 36 heavy (non-hydrogen) atoms. The third-order valence-electron chi connectivity index (χ3n) is 10.7. The first-order chi connectivity index (χ1) is 17.5. The lowest BCUT2D eigenvalue weighted by Gasteiger charge is -2.53. The van der Waals surface area contributed by atoms with Gasteiger partial charge in [0.1, 0.15) is 6.10 Å². The van der Waals surface area contributed by atoms with Gasteiger partial charge < -0.3 is 15.1 Å². The Bertz CT molecular complexity index is 1050. The van der Waals surface area contributed by atoms with E-state index in [0.717, 1.165) is 45.2 Å². The molecule has 0 amide bonds. The minimum absolute atomic E-state index is 0.110. The molecule has 0 bridgehead atoms. The van der Waals surface area contributed by atoms with Crippen molar-refractivity contribution < 1.29 is 15.0 Å². The second-order valence-electron chi connectivity index (χ2n) is 12.5. The molecule has 1 aromatic carbocycles. The summed E-state index contributed by atoms with van der Waals surface area (Å²) in [6.45, 7) is 5.16. The summed E-state index contributed by atoms with van der Waals surface area (Å²) >= 11 is 0. The Morgan fingerprint density at radius 3 is 2.58 bits per heavy atom. The van der Waals surface area contributed by atoms with Gasteiger partial charge in [0, 0.05) is 37.7 Å². The quantitative estimate of drug-likeness (QED) is 0.538. The molecule has 0 radical (unpaired) electrons. The summed E-state index contributed by atoms with van der Waals surface area (Å²) in [4.78, 5) is 14.9. The van der Waals surface area contributed by atoms with Crippen LogP contribution in [0.4, 0.5) is 5.69 Å². The molecule has 0 spiro atoms. The Balaban J connectivity index is 1.40. The summed E-state index contributed by atoms with van der Waals surface area (Å²) in [6.07, 6.45) is 13.1. The van der Waals surface area contributed by atoms with Crippen molar-refractivity contribution in [3.05, 3.63) is 52.6 Å². The number of piperidine rings is 1. The van der Waals surface area contributed by atoms with Gasteiger partial charge in [-0.3, -0.25) is 4.79 Å². The van der Waals surface area contributed by atoms with Crippen LogP contribution < -0.4 is 4.90 Å². The number of fused-ring (bicyclic) bond motifs is 4. The smallest absolute Gasteiger partial charge is 0.184 e. The van der Waals surface area contributed by atoms with Gasteiger partial charge in [-0.2, -0.15) is 0 Å². The van der Waals surface area contributed by atoms with Gasteiger partial charge in [0.05, 0.1) is 0 Å². The van der Waals surface area contributed by atoms with Crippen LogP contribution in [0, 0.1) is 23.2 Å². The lowest BCUT2D eigenvalue weighted by atomic mass is 9.51. The number of carbonyl (C=O) groups is 1. The Labute approximate surface area is 216 Å². The zero-order valence-corrected chi connectivity index (χ0v) is 21.9. The first kappa shape index (κ1) is 24.4. The molecule has 2 saturated carbocycles. The van der Waals surface area contributed by atoms with Gasteiger partial charge in [0.25, 0.3) is 0 Å². The molecule has 4 aliphatic carbocycles. The molecule has 1 aromatic rings. The molecular formula is C32H43NO3. The van der Waals surface area contributed by atoms with Crippen molar-refractivity contribution in [3.8, 4) is 0 Å². The highest BCUT2D eigenvalue weighted by Crippen LogP contribution is 2.66. The Morgan fingerprint density at radius 2 is 1.83 bits per heavy atom. The summed E-state index contributed by atoms with van der Waals surface area (Å²) in [5.41, 5.74) is 7.09. The van der Waals surface area contributed by atoms with E-state index in [2.05, 4.69) is 36.1 Å². The molecule has 194 valence electrons. The standard InChI is InChI=1S/C32H43NO3/c1-32-20-27(21-7-11-24(12-8-21)33-15-3-2-4-16-33)31-25(28(32)14-10-23(32)6-5-17-34)13-9-22-18-29(35)30(36)19-26(22)31/h7-8,11-12,18,23,25,27-28,30,34,36H,2-6,9-10,13-17,19-20H2,1H3/t23-,25+,27-,28+,30?,32-/m1/s1. The van der Waals surface area contributed by atoms with Crippen LogP contribution in [0.2, 0.25) is 0 Å². The number of ketones is 1. The number of aliphatic hydroxyl groups is 2. The summed E-state index contributed by atoms with van der Waals surface area (Å²) in [5.74, 6) is 2.12. The van der Waals surface area contributed by atoms with Gasteiger partial charge >= 0.3 is 0 Å². The molecule has 1 aliphatic heterocycles. The highest BCUT2D eigenvalue weighted by atomic mass is 16.3. The average molecular weight is 490 g/mol. The van der Waals surface area contributed by atoms with Gasteiger partial charge in [0.2, 0.25) is 0 Å². The predicted octanol–water partition coefficient (Wildman–Crippen LogP) is 5.94. The van der Waals surface area contributed by atoms with Crippen molar-refractivity contribution in [3.63, 3.8) is 0 Å². The van der Waals surface area contributed by atoms with Crippen LogP contribution in [0.3, 0.4) is 0 Å². The summed E-state index contributed by atoms with van der Waals surface area (Å²) in [5, 5.41) is 20.1. The minimum Gasteiger partial charge on any atom is -0.396 e. The Kier molecular flexibility index (Phi) is 6.62. The van der Waals surface area contributed by atoms with E-state index in [9.17, 15) is 15.0 Å². The number of aliphatic hydroxyl groups excluding tert-OH is 2. The van der Waals surface area contributed by atoms with E-state index in [0.29, 0.717) is 30.1 Å². The maximum atomic E-state index is 12.4. The van der Waals surface area contributed by atoms with E-state index in [1.807, 2.05) is 0 Å². The molecule has 1 heterocycles. The number of hydrogen-bond donors (Lipinski definition) is 2. The van der Waals surface area contributed by atoms with Crippen LogP contribution >= 0.6 is 0 Å². The van der Waals surface area contributed by atoms with E-state index < -0.39 is 6.10 Å². The zero-order valence-electron chi connectivity index (χ0n) is 21.9. The van der Waals surface area contributed by atoms with Crippen LogP contribution in [-0.2, 0) is 4.79 Å². The van der Waals surface area contributed by atoms with E-state index >= 15 is 0 Å². The monoisotopic (exact) mass is 489 g/mol. The third-order valence-corrected chi connectivity index (χ3v) is 10.7. The number of anilines is 1. The van der Waals surface area contributed by atoms with Gasteiger partial charge in [-0.05, 0) is 122 Å². The highest BCUT2D eigenvalue weighted by molar-refractivity contribution is 5.96. The second kappa shape index (κ2) is 9.76. The SMILES string of the molecule is C[C@]12C[C@H](c3ccc(N4CCCCC4)cc3)C3=C4CC(O)C(=O)C=C4CC[C@H]3[C@@H]1CC[C@H]2CCCO. The number of rotatable bonds is 5. The molecule has 3 fully saturated rings. The molecule has 5 aliphatic rings. The van der Waals surface area contributed by atoms with E-state index in [1.54, 1.807) is 11.6 Å².